The largest absolute Gasteiger partial charge is 0.480 e. The van der Waals surface area contributed by atoms with Crippen LogP contribution in [0.25, 0.3) is 0 Å². The van der Waals surface area contributed by atoms with E-state index in [-0.39, 0.29) is 6.04 Å². The number of carboxylic acid groups (broad SMARTS) is 1. The normalized spacial score (nSPS) is 18.7. The van der Waals surface area contributed by atoms with Crippen LogP contribution < -0.4 is 9.62 Å². The van der Waals surface area contributed by atoms with Crippen molar-refractivity contribution < 1.29 is 23.1 Å². The summed E-state index contributed by atoms with van der Waals surface area (Å²) in [5.74, 6) is -1.62. The molecule has 0 radical (unpaired) electrons. The van der Waals surface area contributed by atoms with Gasteiger partial charge in [0.1, 0.15) is 6.04 Å². The Kier molecular flexibility index (Phi) is 4.15. The van der Waals surface area contributed by atoms with Gasteiger partial charge in [-0.15, -0.1) is 0 Å². The Hall–Kier alpha value is -2.09. The molecule has 1 aromatic carbocycles. The average molecular weight is 326 g/mol. The van der Waals surface area contributed by atoms with Gasteiger partial charge in [-0.3, -0.25) is 13.9 Å². The minimum Gasteiger partial charge on any atom is -0.480 e. The average Bonchev–Trinajstić information content (AvgIpc) is 2.72. The fourth-order valence-electron chi connectivity index (χ4n) is 2.59. The molecule has 120 valence electrons. The van der Waals surface area contributed by atoms with Crippen molar-refractivity contribution >= 4 is 27.6 Å². The lowest BCUT2D eigenvalue weighted by atomic mass is 10.1. The molecule has 1 amide bonds. The summed E-state index contributed by atoms with van der Waals surface area (Å²) in [6.45, 7) is 3.17. The predicted molar refractivity (Wildman–Crippen MR) is 81.5 cm³/mol. The van der Waals surface area contributed by atoms with Crippen LogP contribution in [0.5, 0.6) is 0 Å². The Bertz CT molecular complexity index is 729. The number of fused-ring (bicyclic) bond motifs is 1. The number of amides is 1. The monoisotopic (exact) mass is 326 g/mol. The molecule has 2 N–H and O–H groups in total. The molecule has 0 spiro atoms. The van der Waals surface area contributed by atoms with Gasteiger partial charge >= 0.3 is 5.97 Å². The van der Waals surface area contributed by atoms with E-state index in [1.54, 1.807) is 19.1 Å². The van der Waals surface area contributed by atoms with E-state index < -0.39 is 27.9 Å². The zero-order valence-electron chi connectivity index (χ0n) is 12.5. The molecule has 8 heteroatoms. The third-order valence-electron chi connectivity index (χ3n) is 3.57. The Morgan fingerprint density at radius 1 is 1.41 bits per heavy atom. The van der Waals surface area contributed by atoms with Gasteiger partial charge in [-0.1, -0.05) is 0 Å². The number of carbonyl (C=O) groups is 2. The van der Waals surface area contributed by atoms with Crippen molar-refractivity contribution in [1.29, 1.82) is 0 Å². The Balaban J connectivity index is 2.29. The molecular weight excluding hydrogens is 308 g/mol. The van der Waals surface area contributed by atoms with Crippen LogP contribution in [0.2, 0.25) is 0 Å². The van der Waals surface area contributed by atoms with E-state index in [4.69, 9.17) is 5.11 Å². The molecule has 1 heterocycles. The van der Waals surface area contributed by atoms with Crippen molar-refractivity contribution in [3.05, 3.63) is 29.3 Å². The van der Waals surface area contributed by atoms with E-state index in [1.165, 1.54) is 17.3 Å². The van der Waals surface area contributed by atoms with Crippen molar-refractivity contribution in [2.75, 3.05) is 10.6 Å². The quantitative estimate of drug-likeness (QED) is 0.843. The molecular formula is C14H18N2O5S. The van der Waals surface area contributed by atoms with Crippen molar-refractivity contribution in [3.8, 4) is 0 Å². The molecule has 0 fully saturated rings. The van der Waals surface area contributed by atoms with Crippen LogP contribution in [0.4, 0.5) is 5.69 Å². The second kappa shape index (κ2) is 5.60. The van der Waals surface area contributed by atoms with Gasteiger partial charge in [0.2, 0.25) is 10.0 Å². The van der Waals surface area contributed by atoms with E-state index in [9.17, 15) is 18.0 Å². The maximum absolute atomic E-state index is 12.0. The maximum Gasteiger partial charge on any atom is 0.325 e. The van der Waals surface area contributed by atoms with Gasteiger partial charge in [-0.2, -0.15) is 0 Å². The second-order valence-electron chi connectivity index (χ2n) is 5.49. The lowest BCUT2D eigenvalue weighted by Gasteiger charge is -2.22. The Labute approximate surface area is 129 Å². The minimum atomic E-state index is -3.37. The smallest absolute Gasteiger partial charge is 0.325 e. The summed E-state index contributed by atoms with van der Waals surface area (Å²) in [6.07, 6.45) is 1.66. The molecule has 2 atom stereocenters. The Morgan fingerprint density at radius 3 is 2.59 bits per heavy atom. The number of sulfonamides is 1. The van der Waals surface area contributed by atoms with Crippen molar-refractivity contribution in [2.45, 2.75) is 32.4 Å². The topological polar surface area (TPSA) is 104 Å². The van der Waals surface area contributed by atoms with Gasteiger partial charge in [-0.05, 0) is 44.0 Å². The number of carbonyl (C=O) groups excluding carboxylic acids is 1. The van der Waals surface area contributed by atoms with Crippen LogP contribution in [0.1, 0.15) is 29.8 Å². The van der Waals surface area contributed by atoms with Crippen LogP contribution in [-0.4, -0.2) is 43.7 Å². The van der Waals surface area contributed by atoms with Crippen LogP contribution in [0.3, 0.4) is 0 Å². The third kappa shape index (κ3) is 3.06. The van der Waals surface area contributed by atoms with Gasteiger partial charge in [0.05, 0.1) is 11.9 Å². The minimum absolute atomic E-state index is 0.207. The van der Waals surface area contributed by atoms with Crippen LogP contribution in [0.15, 0.2) is 18.2 Å². The number of hydrogen-bond acceptors (Lipinski definition) is 4. The number of anilines is 1. The highest BCUT2D eigenvalue weighted by Crippen LogP contribution is 2.34. The molecule has 7 nitrogen and oxygen atoms in total. The highest BCUT2D eigenvalue weighted by atomic mass is 32.2. The summed E-state index contributed by atoms with van der Waals surface area (Å²) in [4.78, 5) is 22.8. The van der Waals surface area contributed by atoms with Gasteiger partial charge in [0.25, 0.3) is 5.91 Å². The van der Waals surface area contributed by atoms with Gasteiger partial charge < -0.3 is 10.4 Å². The first-order valence-electron chi connectivity index (χ1n) is 6.77. The predicted octanol–water partition coefficient (Wildman–Crippen LogP) is 0.600. The molecule has 0 aliphatic carbocycles. The van der Waals surface area contributed by atoms with Gasteiger partial charge in [0, 0.05) is 11.6 Å². The summed E-state index contributed by atoms with van der Waals surface area (Å²) in [7, 11) is -3.37. The highest BCUT2D eigenvalue weighted by Gasteiger charge is 2.32. The zero-order valence-corrected chi connectivity index (χ0v) is 13.3. The molecule has 0 aromatic heterocycles. The van der Waals surface area contributed by atoms with E-state index in [2.05, 4.69) is 5.32 Å². The summed E-state index contributed by atoms with van der Waals surface area (Å²) in [6, 6.07) is 3.49. The van der Waals surface area contributed by atoms with Crippen molar-refractivity contribution in [2.24, 2.45) is 0 Å². The van der Waals surface area contributed by atoms with Crippen LogP contribution in [-0.2, 0) is 21.2 Å². The highest BCUT2D eigenvalue weighted by molar-refractivity contribution is 7.92. The Morgan fingerprint density at radius 2 is 2.05 bits per heavy atom. The van der Waals surface area contributed by atoms with Crippen molar-refractivity contribution in [1.82, 2.24) is 5.32 Å². The summed E-state index contributed by atoms with van der Waals surface area (Å²) in [5, 5.41) is 11.2. The van der Waals surface area contributed by atoms with Crippen molar-refractivity contribution in [3.63, 3.8) is 0 Å². The first-order valence-corrected chi connectivity index (χ1v) is 8.62. The second-order valence-corrected chi connectivity index (χ2v) is 7.35. The fraction of sp³-hybridized carbons (Fsp3) is 0.429. The number of carboxylic acids is 1. The van der Waals surface area contributed by atoms with E-state index in [0.29, 0.717) is 17.7 Å². The number of rotatable bonds is 4. The molecule has 0 bridgehead atoms. The van der Waals surface area contributed by atoms with Crippen LogP contribution >= 0.6 is 0 Å². The number of nitrogens with zero attached hydrogens (tertiary/aromatic N) is 1. The molecule has 22 heavy (non-hydrogen) atoms. The molecule has 1 aromatic rings. The molecule has 1 aliphatic rings. The SMILES string of the molecule is C[C@@H]1Cc2cc(C(=O)N[C@H](C)C(=O)O)ccc2N1S(C)(=O)=O. The molecule has 2 rings (SSSR count). The molecule has 0 saturated carbocycles. The molecule has 1 aliphatic heterocycles. The first-order chi connectivity index (χ1) is 10.1. The number of aliphatic carboxylic acids is 1. The van der Waals surface area contributed by atoms with Crippen LogP contribution in [0, 0.1) is 0 Å². The van der Waals surface area contributed by atoms with E-state index in [1.807, 2.05) is 0 Å². The standard InChI is InChI=1S/C14H18N2O5S/c1-8-6-11-7-10(13(17)15-9(2)14(18)19)4-5-12(11)16(8)22(3,20)21/h4-5,7-9H,6H2,1-3H3,(H,15,17)(H,18,19)/t8-,9-/m1/s1. The van der Waals surface area contributed by atoms with Gasteiger partial charge in [0.15, 0.2) is 0 Å². The zero-order chi connectivity index (χ0) is 16.7. The summed E-state index contributed by atoms with van der Waals surface area (Å²) >= 11 is 0. The maximum atomic E-state index is 12.0. The third-order valence-corrected chi connectivity index (χ3v) is 4.84. The van der Waals surface area contributed by atoms with Gasteiger partial charge in [-0.25, -0.2) is 8.42 Å². The number of nitrogens with one attached hydrogen (secondary N) is 1. The summed E-state index contributed by atoms with van der Waals surface area (Å²) in [5.41, 5.74) is 1.64. The van der Waals surface area contributed by atoms with E-state index >= 15 is 0 Å². The summed E-state index contributed by atoms with van der Waals surface area (Å²) < 4.78 is 25.0. The number of benzene rings is 1. The molecule has 0 saturated heterocycles. The lowest BCUT2D eigenvalue weighted by molar-refractivity contribution is -0.138. The number of hydrogen-bond donors (Lipinski definition) is 2. The molecule has 0 unspecified atom stereocenters. The van der Waals surface area contributed by atoms with E-state index in [0.717, 1.165) is 11.8 Å². The fourth-order valence-corrected chi connectivity index (χ4v) is 3.85. The lowest BCUT2D eigenvalue weighted by Crippen LogP contribution is -2.38. The first kappa shape index (κ1) is 16.3.